The minimum Gasteiger partial charge on any atom is -0.274 e. The highest BCUT2D eigenvalue weighted by Crippen LogP contribution is 2.07. The van der Waals surface area contributed by atoms with Gasteiger partial charge in [-0.25, -0.2) is 13.1 Å². The average molecular weight is 264 g/mol. The molecule has 0 saturated heterocycles. The van der Waals surface area contributed by atoms with E-state index in [1.165, 1.54) is 12.1 Å². The molecule has 1 aromatic carbocycles. The molecule has 0 heterocycles. The van der Waals surface area contributed by atoms with E-state index in [2.05, 4.69) is 0 Å². The van der Waals surface area contributed by atoms with Crippen molar-refractivity contribution in [3.05, 3.63) is 30.3 Å². The summed E-state index contributed by atoms with van der Waals surface area (Å²) in [6.07, 6.45) is 0.836. The van der Waals surface area contributed by atoms with Crippen molar-refractivity contribution in [3.63, 3.8) is 0 Å². The van der Waals surface area contributed by atoms with Crippen LogP contribution in [-0.2, 0) is 14.8 Å². The summed E-state index contributed by atoms with van der Waals surface area (Å²) in [6.45, 7) is 1.81. The highest BCUT2D eigenvalue weighted by molar-refractivity contribution is 7.90. The molecule has 0 aromatic heterocycles. The van der Waals surface area contributed by atoms with E-state index in [1.54, 1.807) is 18.2 Å². The first-order valence-corrected chi connectivity index (χ1v) is 6.15. The topological polar surface area (TPSA) is 63.2 Å². The number of rotatable bonds is 4. The SMILES string of the molecule is CCCC(=O)NS(=O)(=O)c1ccccc1.Cl. The van der Waals surface area contributed by atoms with Crippen LogP contribution in [0.2, 0.25) is 0 Å². The van der Waals surface area contributed by atoms with Crippen LogP contribution in [0.15, 0.2) is 35.2 Å². The van der Waals surface area contributed by atoms with Gasteiger partial charge in [-0.2, -0.15) is 0 Å². The Morgan fingerprint density at radius 1 is 1.25 bits per heavy atom. The number of nitrogens with one attached hydrogen (secondary N) is 1. The van der Waals surface area contributed by atoms with Crippen LogP contribution < -0.4 is 4.72 Å². The van der Waals surface area contributed by atoms with Gasteiger partial charge in [0.05, 0.1) is 4.90 Å². The number of hydrogen-bond acceptors (Lipinski definition) is 3. The van der Waals surface area contributed by atoms with E-state index in [1.807, 2.05) is 11.6 Å². The van der Waals surface area contributed by atoms with Crippen molar-refractivity contribution >= 4 is 28.3 Å². The second-order valence-electron chi connectivity index (χ2n) is 3.09. The van der Waals surface area contributed by atoms with E-state index in [9.17, 15) is 13.2 Å². The molecule has 1 rings (SSSR count). The third-order valence-corrected chi connectivity index (χ3v) is 3.17. The lowest BCUT2D eigenvalue weighted by molar-refractivity contribution is -0.119. The molecule has 90 valence electrons. The Hall–Kier alpha value is -1.07. The summed E-state index contributed by atoms with van der Waals surface area (Å²) in [4.78, 5) is 11.2. The largest absolute Gasteiger partial charge is 0.274 e. The van der Waals surface area contributed by atoms with Crippen molar-refractivity contribution in [1.29, 1.82) is 0 Å². The van der Waals surface area contributed by atoms with Crippen molar-refractivity contribution < 1.29 is 13.2 Å². The van der Waals surface area contributed by atoms with Crippen LogP contribution in [-0.4, -0.2) is 14.3 Å². The lowest BCUT2D eigenvalue weighted by atomic mass is 10.3. The second-order valence-corrected chi connectivity index (χ2v) is 4.77. The maximum absolute atomic E-state index is 11.6. The number of carbonyl (C=O) groups is 1. The van der Waals surface area contributed by atoms with Crippen LogP contribution in [0.5, 0.6) is 0 Å². The third-order valence-electron chi connectivity index (χ3n) is 1.78. The first-order valence-electron chi connectivity index (χ1n) is 4.67. The van der Waals surface area contributed by atoms with Crippen molar-refractivity contribution in [2.45, 2.75) is 24.7 Å². The summed E-state index contributed by atoms with van der Waals surface area (Å²) in [7, 11) is -3.68. The summed E-state index contributed by atoms with van der Waals surface area (Å²) in [6, 6.07) is 7.83. The Balaban J connectivity index is 0.00000225. The summed E-state index contributed by atoms with van der Waals surface area (Å²) in [5.41, 5.74) is 0. The molecule has 0 unspecified atom stereocenters. The highest BCUT2D eigenvalue weighted by atomic mass is 35.5. The van der Waals surface area contributed by atoms with Crippen LogP contribution in [0.25, 0.3) is 0 Å². The molecular formula is C10H14ClNO3S. The van der Waals surface area contributed by atoms with E-state index in [0.29, 0.717) is 6.42 Å². The third kappa shape index (κ3) is 4.20. The number of amides is 1. The molecule has 16 heavy (non-hydrogen) atoms. The smallest absolute Gasteiger partial charge is 0.264 e. The maximum atomic E-state index is 11.6. The fraction of sp³-hybridized carbons (Fsp3) is 0.300. The second kappa shape index (κ2) is 6.50. The summed E-state index contributed by atoms with van der Waals surface area (Å²) < 4.78 is 25.2. The van der Waals surface area contributed by atoms with Crippen LogP contribution in [0, 0.1) is 0 Å². The number of benzene rings is 1. The van der Waals surface area contributed by atoms with Gasteiger partial charge >= 0.3 is 0 Å². The molecule has 0 aliphatic rings. The van der Waals surface area contributed by atoms with Gasteiger partial charge in [-0.05, 0) is 18.6 Å². The molecule has 0 aliphatic carbocycles. The number of carbonyl (C=O) groups excluding carboxylic acids is 1. The molecular weight excluding hydrogens is 250 g/mol. The van der Waals surface area contributed by atoms with E-state index in [4.69, 9.17) is 0 Å². The first kappa shape index (κ1) is 14.9. The Morgan fingerprint density at radius 3 is 2.31 bits per heavy atom. The van der Waals surface area contributed by atoms with Crippen molar-refractivity contribution in [2.24, 2.45) is 0 Å². The Kier molecular flexibility index (Phi) is 6.06. The minimum atomic E-state index is -3.68. The average Bonchev–Trinajstić information content (AvgIpc) is 2.18. The molecule has 1 N–H and O–H groups in total. The zero-order valence-electron chi connectivity index (χ0n) is 8.84. The van der Waals surface area contributed by atoms with Gasteiger partial charge in [-0.1, -0.05) is 25.1 Å². The quantitative estimate of drug-likeness (QED) is 0.900. The fourth-order valence-electron chi connectivity index (χ4n) is 1.09. The summed E-state index contributed by atoms with van der Waals surface area (Å²) >= 11 is 0. The molecule has 0 fully saturated rings. The normalized spacial score (nSPS) is 10.3. The van der Waals surface area contributed by atoms with Gasteiger partial charge < -0.3 is 0 Å². The predicted octanol–water partition coefficient (Wildman–Crippen LogP) is 1.71. The van der Waals surface area contributed by atoms with E-state index in [-0.39, 0.29) is 23.7 Å². The van der Waals surface area contributed by atoms with Crippen molar-refractivity contribution in [3.8, 4) is 0 Å². The molecule has 1 amide bonds. The summed E-state index contributed by atoms with van der Waals surface area (Å²) in [5.74, 6) is -0.471. The molecule has 0 radical (unpaired) electrons. The minimum absolute atomic E-state index is 0. The monoisotopic (exact) mass is 263 g/mol. The molecule has 1 aromatic rings. The van der Waals surface area contributed by atoms with Crippen molar-refractivity contribution in [1.82, 2.24) is 4.72 Å². The van der Waals surface area contributed by atoms with Gasteiger partial charge in [-0.15, -0.1) is 12.4 Å². The van der Waals surface area contributed by atoms with Crippen LogP contribution in [0.1, 0.15) is 19.8 Å². The molecule has 0 atom stereocenters. The number of sulfonamides is 1. The Bertz CT molecular complexity index is 431. The van der Waals surface area contributed by atoms with Gasteiger partial charge in [0, 0.05) is 6.42 Å². The van der Waals surface area contributed by atoms with Crippen LogP contribution in [0.3, 0.4) is 0 Å². The van der Waals surface area contributed by atoms with Crippen LogP contribution >= 0.6 is 12.4 Å². The lowest BCUT2D eigenvalue weighted by Crippen LogP contribution is -2.30. The number of halogens is 1. The first-order chi connectivity index (χ1) is 7.06. The fourth-order valence-corrected chi connectivity index (χ4v) is 2.12. The highest BCUT2D eigenvalue weighted by Gasteiger charge is 2.15. The van der Waals surface area contributed by atoms with E-state index in [0.717, 1.165) is 0 Å². The molecule has 6 heteroatoms. The van der Waals surface area contributed by atoms with Crippen molar-refractivity contribution in [2.75, 3.05) is 0 Å². The van der Waals surface area contributed by atoms with Gasteiger partial charge in [0.1, 0.15) is 0 Å². The molecule has 0 saturated carbocycles. The maximum Gasteiger partial charge on any atom is 0.264 e. The Morgan fingerprint density at radius 2 is 1.81 bits per heavy atom. The zero-order valence-corrected chi connectivity index (χ0v) is 10.5. The lowest BCUT2D eigenvalue weighted by Gasteiger charge is -2.05. The number of hydrogen-bond donors (Lipinski definition) is 1. The Labute approximate surface area is 102 Å². The van der Waals surface area contributed by atoms with Gasteiger partial charge in [0.2, 0.25) is 5.91 Å². The predicted molar refractivity (Wildman–Crippen MR) is 63.9 cm³/mol. The van der Waals surface area contributed by atoms with Crippen LogP contribution in [0.4, 0.5) is 0 Å². The van der Waals surface area contributed by atoms with Gasteiger partial charge in [0.25, 0.3) is 10.0 Å². The summed E-state index contributed by atoms with van der Waals surface area (Å²) in [5, 5.41) is 0. The molecule has 0 spiro atoms. The molecule has 4 nitrogen and oxygen atoms in total. The molecule has 0 aliphatic heterocycles. The van der Waals surface area contributed by atoms with E-state index >= 15 is 0 Å². The molecule has 0 bridgehead atoms. The zero-order chi connectivity index (χ0) is 11.3. The van der Waals surface area contributed by atoms with Gasteiger partial charge in [0.15, 0.2) is 0 Å². The van der Waals surface area contributed by atoms with E-state index < -0.39 is 15.9 Å². The standard InChI is InChI=1S/C10H13NO3S.ClH/c1-2-6-10(12)11-15(13,14)9-7-4-3-5-8-9;/h3-5,7-8H,2,6H2,1H3,(H,11,12);1H. The van der Waals surface area contributed by atoms with Gasteiger partial charge in [-0.3, -0.25) is 4.79 Å².